The Hall–Kier alpha value is -1.26. The van der Waals surface area contributed by atoms with E-state index in [1.165, 1.54) is 19.3 Å². The Labute approximate surface area is 157 Å². The lowest BCUT2D eigenvalue weighted by molar-refractivity contribution is -0.172. The first-order valence-electron chi connectivity index (χ1n) is 8.86. The van der Waals surface area contributed by atoms with Gasteiger partial charge in [0.1, 0.15) is 0 Å². The Kier molecular flexibility index (Phi) is 4.45. The Balaban J connectivity index is 1.36. The molecule has 134 valence electrons. The van der Waals surface area contributed by atoms with E-state index in [4.69, 9.17) is 27.9 Å². The molecule has 0 saturated heterocycles. The van der Waals surface area contributed by atoms with Gasteiger partial charge in [-0.15, -0.1) is 0 Å². The van der Waals surface area contributed by atoms with E-state index in [1.54, 1.807) is 18.2 Å². The zero-order valence-electron chi connectivity index (χ0n) is 13.9. The van der Waals surface area contributed by atoms with Crippen LogP contribution in [0.2, 0.25) is 10.0 Å². The smallest absolute Gasteiger partial charge is 0.312 e. The van der Waals surface area contributed by atoms with Gasteiger partial charge in [0.05, 0.1) is 21.1 Å². The third-order valence-electron chi connectivity index (χ3n) is 6.03. The van der Waals surface area contributed by atoms with Crippen LogP contribution < -0.4 is 5.32 Å². The number of rotatable bonds is 4. The van der Waals surface area contributed by atoms with Gasteiger partial charge in [0, 0.05) is 0 Å². The van der Waals surface area contributed by atoms with Crippen molar-refractivity contribution in [2.45, 2.75) is 38.5 Å². The summed E-state index contributed by atoms with van der Waals surface area (Å²) < 4.78 is 5.40. The zero-order chi connectivity index (χ0) is 17.6. The lowest BCUT2D eigenvalue weighted by atomic mass is 9.49. The molecule has 0 heterocycles. The highest BCUT2D eigenvalue weighted by molar-refractivity contribution is 6.44. The van der Waals surface area contributed by atoms with Gasteiger partial charge in [-0.2, -0.15) is 0 Å². The van der Waals surface area contributed by atoms with E-state index in [2.05, 4.69) is 5.32 Å². The molecular formula is C19H21Cl2NO3. The summed E-state index contributed by atoms with van der Waals surface area (Å²) in [5.41, 5.74) is 0.0768. The number of esters is 1. The lowest BCUT2D eigenvalue weighted by Gasteiger charge is -2.55. The van der Waals surface area contributed by atoms with Gasteiger partial charge in [0.25, 0.3) is 5.91 Å². The number of carbonyl (C=O) groups excluding carboxylic acids is 2. The molecule has 1 aromatic rings. The van der Waals surface area contributed by atoms with Gasteiger partial charge in [0.15, 0.2) is 6.61 Å². The number of benzene rings is 1. The van der Waals surface area contributed by atoms with E-state index < -0.39 is 5.91 Å². The van der Waals surface area contributed by atoms with E-state index in [9.17, 15) is 9.59 Å². The summed E-state index contributed by atoms with van der Waals surface area (Å²) >= 11 is 12.0. The van der Waals surface area contributed by atoms with Crippen molar-refractivity contribution < 1.29 is 14.3 Å². The second kappa shape index (κ2) is 6.48. The van der Waals surface area contributed by atoms with Crippen molar-refractivity contribution in [3.8, 4) is 0 Å². The maximum absolute atomic E-state index is 12.7. The van der Waals surface area contributed by atoms with Gasteiger partial charge < -0.3 is 10.1 Å². The number of amides is 1. The van der Waals surface area contributed by atoms with Crippen LogP contribution in [-0.4, -0.2) is 18.5 Å². The molecule has 0 aliphatic heterocycles. The Morgan fingerprint density at radius 1 is 1.08 bits per heavy atom. The molecule has 0 spiro atoms. The molecule has 4 nitrogen and oxygen atoms in total. The number of anilines is 1. The number of carbonyl (C=O) groups is 2. The predicted molar refractivity (Wildman–Crippen MR) is 96.7 cm³/mol. The van der Waals surface area contributed by atoms with Crippen molar-refractivity contribution >= 4 is 40.8 Å². The normalized spacial score (nSPS) is 32.5. The van der Waals surface area contributed by atoms with Crippen LogP contribution in [0, 0.1) is 23.2 Å². The van der Waals surface area contributed by atoms with Crippen LogP contribution in [0.25, 0.3) is 0 Å². The first-order chi connectivity index (χ1) is 11.9. The summed E-state index contributed by atoms with van der Waals surface area (Å²) in [7, 11) is 0. The highest BCUT2D eigenvalue weighted by Gasteiger charge is 2.55. The summed E-state index contributed by atoms with van der Waals surface area (Å²) in [6, 6.07) is 5.00. The minimum atomic E-state index is -0.401. The van der Waals surface area contributed by atoms with Crippen LogP contribution in [0.15, 0.2) is 18.2 Å². The van der Waals surface area contributed by atoms with Gasteiger partial charge in [-0.25, -0.2) is 0 Å². The average Bonchev–Trinajstić information content (AvgIpc) is 2.55. The second-order valence-electron chi connectivity index (χ2n) is 7.92. The molecule has 1 amide bonds. The number of ether oxygens (including phenoxy) is 1. The molecule has 0 radical (unpaired) electrons. The van der Waals surface area contributed by atoms with Crippen molar-refractivity contribution in [1.29, 1.82) is 0 Å². The first kappa shape index (κ1) is 17.2. The molecule has 4 bridgehead atoms. The van der Waals surface area contributed by atoms with Crippen LogP contribution in [0.3, 0.4) is 0 Å². The Morgan fingerprint density at radius 2 is 1.68 bits per heavy atom. The second-order valence-corrected chi connectivity index (χ2v) is 8.71. The molecule has 0 atom stereocenters. The van der Waals surface area contributed by atoms with Crippen LogP contribution in [-0.2, 0) is 14.3 Å². The highest BCUT2D eigenvalue weighted by Crippen LogP contribution is 2.60. The van der Waals surface area contributed by atoms with Crippen LogP contribution in [0.5, 0.6) is 0 Å². The topological polar surface area (TPSA) is 55.4 Å². The highest BCUT2D eigenvalue weighted by atomic mass is 35.5. The molecule has 25 heavy (non-hydrogen) atoms. The summed E-state index contributed by atoms with van der Waals surface area (Å²) in [5.74, 6) is 1.40. The van der Waals surface area contributed by atoms with Crippen LogP contribution in [0.1, 0.15) is 38.5 Å². The van der Waals surface area contributed by atoms with Crippen molar-refractivity contribution in [3.05, 3.63) is 28.2 Å². The zero-order valence-corrected chi connectivity index (χ0v) is 15.4. The summed E-state index contributed by atoms with van der Waals surface area (Å²) in [4.78, 5) is 24.8. The first-order valence-corrected chi connectivity index (χ1v) is 9.62. The lowest BCUT2D eigenvalue weighted by Crippen LogP contribution is -2.50. The van der Waals surface area contributed by atoms with Crippen LogP contribution >= 0.6 is 23.2 Å². The van der Waals surface area contributed by atoms with Crippen LogP contribution in [0.4, 0.5) is 5.69 Å². The molecule has 4 aliphatic rings. The van der Waals surface area contributed by atoms with Gasteiger partial charge in [-0.3, -0.25) is 9.59 Å². The number of hydrogen-bond donors (Lipinski definition) is 1. The third-order valence-corrected chi connectivity index (χ3v) is 6.85. The Morgan fingerprint density at radius 3 is 2.28 bits per heavy atom. The third kappa shape index (κ3) is 3.26. The molecule has 1 aromatic carbocycles. The summed E-state index contributed by atoms with van der Waals surface area (Å²) in [5, 5.41) is 3.30. The quantitative estimate of drug-likeness (QED) is 0.769. The van der Waals surface area contributed by atoms with Gasteiger partial charge in [-0.1, -0.05) is 29.3 Å². The molecule has 4 aliphatic carbocycles. The van der Waals surface area contributed by atoms with E-state index in [1.807, 2.05) is 0 Å². The van der Waals surface area contributed by atoms with Gasteiger partial charge >= 0.3 is 5.97 Å². The van der Waals surface area contributed by atoms with Gasteiger partial charge in [0.2, 0.25) is 0 Å². The van der Waals surface area contributed by atoms with Crippen molar-refractivity contribution in [2.75, 3.05) is 11.9 Å². The number of halogens is 2. The van der Waals surface area contributed by atoms with Crippen molar-refractivity contribution in [3.63, 3.8) is 0 Å². The molecule has 4 fully saturated rings. The number of hydrogen-bond acceptors (Lipinski definition) is 3. The van der Waals surface area contributed by atoms with E-state index in [0.717, 1.165) is 19.3 Å². The van der Waals surface area contributed by atoms with E-state index in [0.29, 0.717) is 28.5 Å². The van der Waals surface area contributed by atoms with E-state index in [-0.39, 0.29) is 23.0 Å². The average molecular weight is 382 g/mol. The summed E-state index contributed by atoms with van der Waals surface area (Å²) in [6.45, 7) is -0.288. The number of nitrogens with one attached hydrogen (secondary N) is 1. The largest absolute Gasteiger partial charge is 0.455 e. The van der Waals surface area contributed by atoms with Crippen molar-refractivity contribution in [1.82, 2.24) is 0 Å². The maximum Gasteiger partial charge on any atom is 0.312 e. The maximum atomic E-state index is 12.7. The fourth-order valence-electron chi connectivity index (χ4n) is 5.43. The summed E-state index contributed by atoms with van der Waals surface area (Å²) in [6.07, 6.45) is 6.58. The fourth-order valence-corrected chi connectivity index (χ4v) is 5.78. The minimum Gasteiger partial charge on any atom is -0.455 e. The van der Waals surface area contributed by atoms with Gasteiger partial charge in [-0.05, 0) is 68.4 Å². The standard InChI is InChI=1S/C19H21Cl2NO3/c20-14-2-1-3-15(17(14)21)22-16(23)10-25-18(24)19-7-11-4-12(8-19)6-13(5-11)9-19/h1-3,11-13H,4-10H2,(H,22,23). The molecule has 0 unspecified atom stereocenters. The van der Waals surface area contributed by atoms with Crippen molar-refractivity contribution in [2.24, 2.45) is 23.2 Å². The molecule has 0 aromatic heterocycles. The van der Waals surface area contributed by atoms with E-state index >= 15 is 0 Å². The molecule has 6 heteroatoms. The monoisotopic (exact) mass is 381 g/mol. The molecule has 1 N–H and O–H groups in total. The Bertz CT molecular complexity index is 683. The predicted octanol–water partition coefficient (Wildman–Crippen LogP) is 4.69. The minimum absolute atomic E-state index is 0.195. The molecular weight excluding hydrogens is 361 g/mol. The molecule has 5 rings (SSSR count). The SMILES string of the molecule is O=C(COC(=O)C12CC3CC(CC(C3)C1)C2)Nc1cccc(Cl)c1Cl. The fraction of sp³-hybridized carbons (Fsp3) is 0.579. The molecule has 4 saturated carbocycles.